The SMILES string of the molecule is CC(NC(=O)C1=C(O)C(=O)N(C)C1)C1(C(=O)NC(C)(C)C)C=CC=C(c2ccccc2)C1. The van der Waals surface area contributed by atoms with Crippen molar-refractivity contribution in [1.29, 1.82) is 0 Å². The molecule has 3 N–H and O–H groups in total. The number of likely N-dealkylation sites (N-methyl/N-ethyl adjacent to an activating group) is 1. The van der Waals surface area contributed by atoms with Crippen LogP contribution in [0.4, 0.5) is 0 Å². The van der Waals surface area contributed by atoms with Gasteiger partial charge in [-0.1, -0.05) is 48.6 Å². The maximum absolute atomic E-state index is 13.6. The Morgan fingerprint density at radius 1 is 1.19 bits per heavy atom. The van der Waals surface area contributed by atoms with Crippen LogP contribution in [0.1, 0.15) is 39.7 Å². The lowest BCUT2D eigenvalue weighted by Crippen LogP contribution is -2.57. The molecule has 1 aromatic carbocycles. The second kappa shape index (κ2) is 8.65. The van der Waals surface area contributed by atoms with Crippen molar-refractivity contribution in [2.45, 2.75) is 45.7 Å². The Labute approximate surface area is 188 Å². The molecule has 0 bridgehead atoms. The fraction of sp³-hybridized carbons (Fsp3) is 0.400. The quantitative estimate of drug-likeness (QED) is 0.660. The number of benzene rings is 1. The first kappa shape index (κ1) is 23.3. The zero-order valence-corrected chi connectivity index (χ0v) is 19.2. The average Bonchev–Trinajstić information content (AvgIpc) is 3.00. The monoisotopic (exact) mass is 437 g/mol. The third-order valence-electron chi connectivity index (χ3n) is 5.85. The van der Waals surface area contributed by atoms with Gasteiger partial charge in [0.1, 0.15) is 0 Å². The minimum Gasteiger partial charge on any atom is -0.503 e. The summed E-state index contributed by atoms with van der Waals surface area (Å²) in [6.07, 6.45) is 6.04. The van der Waals surface area contributed by atoms with Gasteiger partial charge in [-0.15, -0.1) is 0 Å². The molecule has 7 heteroatoms. The van der Waals surface area contributed by atoms with E-state index in [2.05, 4.69) is 10.6 Å². The number of carbonyl (C=O) groups is 3. The number of nitrogens with one attached hydrogen (secondary N) is 2. The molecule has 1 aliphatic heterocycles. The predicted octanol–water partition coefficient (Wildman–Crippen LogP) is 2.72. The van der Waals surface area contributed by atoms with Crippen LogP contribution in [0.15, 0.2) is 59.9 Å². The van der Waals surface area contributed by atoms with Crippen molar-refractivity contribution in [1.82, 2.24) is 15.5 Å². The molecule has 0 radical (unpaired) electrons. The molecule has 0 aromatic heterocycles. The van der Waals surface area contributed by atoms with Gasteiger partial charge in [0.05, 0.1) is 17.5 Å². The van der Waals surface area contributed by atoms with E-state index in [9.17, 15) is 19.5 Å². The molecule has 7 nitrogen and oxygen atoms in total. The topological polar surface area (TPSA) is 98.7 Å². The van der Waals surface area contributed by atoms with Crippen LogP contribution in [0.3, 0.4) is 0 Å². The van der Waals surface area contributed by atoms with Crippen molar-refractivity contribution in [3.63, 3.8) is 0 Å². The van der Waals surface area contributed by atoms with Gasteiger partial charge in [0.25, 0.3) is 11.8 Å². The van der Waals surface area contributed by atoms with E-state index in [0.29, 0.717) is 6.42 Å². The Hall–Kier alpha value is -3.35. The molecule has 1 aliphatic carbocycles. The number of rotatable bonds is 5. The summed E-state index contributed by atoms with van der Waals surface area (Å²) in [6, 6.07) is 9.19. The lowest BCUT2D eigenvalue weighted by Gasteiger charge is -2.40. The summed E-state index contributed by atoms with van der Waals surface area (Å²) in [7, 11) is 1.52. The van der Waals surface area contributed by atoms with Gasteiger partial charge < -0.3 is 20.6 Å². The van der Waals surface area contributed by atoms with E-state index in [-0.39, 0.29) is 18.0 Å². The second-order valence-electron chi connectivity index (χ2n) is 9.52. The van der Waals surface area contributed by atoms with Gasteiger partial charge in [-0.3, -0.25) is 14.4 Å². The lowest BCUT2D eigenvalue weighted by atomic mass is 9.70. The number of aliphatic hydroxyl groups excluding tert-OH is 1. The van der Waals surface area contributed by atoms with E-state index >= 15 is 0 Å². The first-order chi connectivity index (χ1) is 14.9. The highest BCUT2D eigenvalue weighted by Crippen LogP contribution is 2.40. The zero-order valence-electron chi connectivity index (χ0n) is 19.2. The predicted molar refractivity (Wildman–Crippen MR) is 123 cm³/mol. The molecule has 170 valence electrons. The summed E-state index contributed by atoms with van der Waals surface area (Å²) < 4.78 is 0. The molecule has 3 amide bonds. The van der Waals surface area contributed by atoms with E-state index in [1.54, 1.807) is 6.92 Å². The minimum absolute atomic E-state index is 0.00865. The molecule has 1 heterocycles. The van der Waals surface area contributed by atoms with Gasteiger partial charge in [-0.25, -0.2) is 0 Å². The van der Waals surface area contributed by atoms with Crippen LogP contribution in [0.25, 0.3) is 5.57 Å². The number of hydrogen-bond acceptors (Lipinski definition) is 4. The van der Waals surface area contributed by atoms with E-state index in [0.717, 1.165) is 11.1 Å². The molecule has 0 saturated carbocycles. The second-order valence-corrected chi connectivity index (χ2v) is 9.52. The van der Waals surface area contributed by atoms with Gasteiger partial charge in [0.15, 0.2) is 5.76 Å². The minimum atomic E-state index is -1.05. The fourth-order valence-electron chi connectivity index (χ4n) is 4.01. The third-order valence-corrected chi connectivity index (χ3v) is 5.85. The molecule has 32 heavy (non-hydrogen) atoms. The van der Waals surface area contributed by atoms with Crippen LogP contribution in [0.5, 0.6) is 0 Å². The van der Waals surface area contributed by atoms with Gasteiger partial charge in [0, 0.05) is 18.6 Å². The van der Waals surface area contributed by atoms with Gasteiger partial charge in [-0.2, -0.15) is 0 Å². The normalized spacial score (nSPS) is 22.0. The summed E-state index contributed by atoms with van der Waals surface area (Å²) in [5, 5.41) is 16.0. The lowest BCUT2D eigenvalue weighted by molar-refractivity contribution is -0.132. The Balaban J connectivity index is 1.92. The summed E-state index contributed by atoms with van der Waals surface area (Å²) in [5.41, 5.74) is 0.488. The van der Waals surface area contributed by atoms with E-state index in [1.807, 2.05) is 69.3 Å². The van der Waals surface area contributed by atoms with Crippen LogP contribution in [0.2, 0.25) is 0 Å². The van der Waals surface area contributed by atoms with Crippen LogP contribution < -0.4 is 10.6 Å². The zero-order chi connectivity index (χ0) is 23.7. The highest BCUT2D eigenvalue weighted by Gasteiger charge is 2.45. The van der Waals surface area contributed by atoms with Crippen molar-refractivity contribution < 1.29 is 19.5 Å². The van der Waals surface area contributed by atoms with E-state index in [1.165, 1.54) is 11.9 Å². The van der Waals surface area contributed by atoms with Crippen molar-refractivity contribution in [3.8, 4) is 0 Å². The summed E-state index contributed by atoms with van der Waals surface area (Å²) >= 11 is 0. The van der Waals surface area contributed by atoms with Crippen LogP contribution in [-0.4, -0.2) is 52.9 Å². The molecule has 0 spiro atoms. The standard InChI is InChI=1S/C25H31N3O4/c1-16(26-21(30)19-15-28(5)22(31)20(19)29)25(23(32)27-24(2,3)4)13-9-12-18(14-25)17-10-7-6-8-11-17/h6-13,16,29H,14-15H2,1-5H3,(H,26,30)(H,27,32). The third kappa shape index (κ3) is 4.61. The summed E-state index contributed by atoms with van der Waals surface area (Å²) in [6.45, 7) is 7.52. The summed E-state index contributed by atoms with van der Waals surface area (Å²) in [5.74, 6) is -1.89. The Bertz CT molecular complexity index is 1020. The molecular formula is C25H31N3O4. The molecule has 2 unspecified atom stereocenters. The molecule has 0 saturated heterocycles. The number of hydrogen-bond donors (Lipinski definition) is 3. The van der Waals surface area contributed by atoms with Gasteiger partial charge in [0.2, 0.25) is 5.91 Å². The number of carbonyl (C=O) groups excluding carboxylic acids is 3. The van der Waals surface area contributed by atoms with Crippen molar-refractivity contribution >= 4 is 23.3 Å². The molecule has 2 aliphatic rings. The molecule has 3 rings (SSSR count). The highest BCUT2D eigenvalue weighted by atomic mass is 16.3. The molecule has 1 aromatic rings. The van der Waals surface area contributed by atoms with Crippen molar-refractivity contribution in [3.05, 3.63) is 65.5 Å². The Morgan fingerprint density at radius 3 is 2.41 bits per heavy atom. The van der Waals surface area contributed by atoms with Crippen LogP contribution in [-0.2, 0) is 14.4 Å². The maximum Gasteiger partial charge on any atom is 0.289 e. The largest absolute Gasteiger partial charge is 0.503 e. The molecule has 0 fully saturated rings. The highest BCUT2D eigenvalue weighted by molar-refractivity contribution is 6.07. The number of nitrogens with zero attached hydrogens (tertiary/aromatic N) is 1. The Morgan fingerprint density at radius 2 is 1.84 bits per heavy atom. The van der Waals surface area contributed by atoms with Crippen LogP contribution in [0, 0.1) is 5.41 Å². The first-order valence-corrected chi connectivity index (χ1v) is 10.7. The fourth-order valence-corrected chi connectivity index (χ4v) is 4.01. The summed E-state index contributed by atoms with van der Waals surface area (Å²) in [4.78, 5) is 39.6. The number of aliphatic hydroxyl groups is 1. The molecule has 2 atom stereocenters. The number of amides is 3. The van der Waals surface area contributed by atoms with E-state index in [4.69, 9.17) is 0 Å². The number of allylic oxidation sites excluding steroid dienone is 3. The molecular weight excluding hydrogens is 406 g/mol. The van der Waals surface area contributed by atoms with Gasteiger partial charge >= 0.3 is 0 Å². The smallest absolute Gasteiger partial charge is 0.289 e. The maximum atomic E-state index is 13.6. The average molecular weight is 438 g/mol. The Kier molecular flexibility index (Phi) is 6.30. The van der Waals surface area contributed by atoms with Crippen molar-refractivity contribution in [2.24, 2.45) is 5.41 Å². The van der Waals surface area contributed by atoms with Crippen LogP contribution >= 0.6 is 0 Å². The first-order valence-electron chi connectivity index (χ1n) is 10.7. The van der Waals surface area contributed by atoms with Crippen molar-refractivity contribution in [2.75, 3.05) is 13.6 Å². The van der Waals surface area contributed by atoms with E-state index < -0.39 is 34.6 Å². The van der Waals surface area contributed by atoms with Gasteiger partial charge in [-0.05, 0) is 45.3 Å².